The van der Waals surface area contributed by atoms with Gasteiger partial charge in [0, 0.05) is 13.0 Å². The second-order valence-corrected chi connectivity index (χ2v) is 5.46. The third kappa shape index (κ3) is 4.48. The third-order valence-corrected chi connectivity index (χ3v) is 3.69. The minimum atomic E-state index is -0.434. The fourth-order valence-electron chi connectivity index (χ4n) is 2.63. The Hall–Kier alpha value is -0.275. The van der Waals surface area contributed by atoms with Crippen LogP contribution in [0.15, 0.2) is 12.1 Å². The molecule has 17 heavy (non-hydrogen) atoms. The van der Waals surface area contributed by atoms with Crippen LogP contribution in [0.1, 0.15) is 40.5 Å². The zero-order chi connectivity index (χ0) is 13.5. The molecule has 3 unspecified atom stereocenters. The highest BCUT2D eigenvalue weighted by Crippen LogP contribution is 2.36. The van der Waals surface area contributed by atoms with Crippen LogP contribution in [-0.4, -0.2) is 32.3 Å². The van der Waals surface area contributed by atoms with Gasteiger partial charge in [-0.15, -0.1) is 5.98 Å². The smallest absolute Gasteiger partial charge is 0.129 e. The van der Waals surface area contributed by atoms with Gasteiger partial charge in [-0.05, 0) is 18.3 Å². The van der Waals surface area contributed by atoms with E-state index in [1.807, 2.05) is 7.85 Å². The van der Waals surface area contributed by atoms with Crippen molar-refractivity contribution in [3.63, 3.8) is 0 Å². The maximum absolute atomic E-state index is 9.81. The molecule has 0 saturated heterocycles. The Balaban J connectivity index is 5.19. The van der Waals surface area contributed by atoms with E-state index in [4.69, 9.17) is 4.74 Å². The maximum Gasteiger partial charge on any atom is 0.129 e. The lowest BCUT2D eigenvalue weighted by Crippen LogP contribution is -2.46. The second kappa shape index (κ2) is 7.94. The van der Waals surface area contributed by atoms with Gasteiger partial charge in [0.2, 0.25) is 0 Å². The van der Waals surface area contributed by atoms with Gasteiger partial charge in [-0.25, -0.2) is 0 Å². The molecule has 1 N–H and O–H groups in total. The van der Waals surface area contributed by atoms with Crippen LogP contribution in [0, 0.1) is 17.8 Å². The van der Waals surface area contributed by atoms with E-state index < -0.39 is 5.60 Å². The van der Waals surface area contributed by atoms with Crippen LogP contribution in [0.3, 0.4) is 0 Å². The van der Waals surface area contributed by atoms with E-state index >= 15 is 0 Å². The quantitative estimate of drug-likeness (QED) is 0.659. The predicted molar refractivity (Wildman–Crippen MR) is 76.9 cm³/mol. The zero-order valence-corrected chi connectivity index (χ0v) is 12.4. The molecule has 0 rings (SSSR count). The van der Waals surface area contributed by atoms with Crippen molar-refractivity contribution in [3.05, 3.63) is 12.1 Å². The summed E-state index contributed by atoms with van der Waals surface area (Å²) in [5.74, 6) is 3.37. The summed E-state index contributed by atoms with van der Waals surface area (Å²) in [6, 6.07) is 0. The summed E-state index contributed by atoms with van der Waals surface area (Å²) in [4.78, 5) is 0. The summed E-state index contributed by atoms with van der Waals surface area (Å²) in [5, 5.41) is 9.81. The van der Waals surface area contributed by atoms with E-state index in [2.05, 4.69) is 39.7 Å². The first kappa shape index (κ1) is 16.7. The number of aliphatic hydroxyl groups excluding tert-OH is 1. The number of rotatable bonds is 8. The van der Waals surface area contributed by atoms with Gasteiger partial charge < -0.3 is 9.84 Å². The van der Waals surface area contributed by atoms with E-state index in [-0.39, 0.29) is 12.5 Å². The Morgan fingerprint density at radius 3 is 2.24 bits per heavy atom. The molecule has 2 nitrogen and oxygen atoms in total. The Kier molecular flexibility index (Phi) is 7.81. The summed E-state index contributed by atoms with van der Waals surface area (Å²) in [6.45, 7) is 8.85. The van der Waals surface area contributed by atoms with Crippen molar-refractivity contribution in [1.29, 1.82) is 0 Å². The monoisotopic (exact) mass is 240 g/mol. The summed E-state index contributed by atoms with van der Waals surface area (Å²) < 4.78 is 5.73. The summed E-state index contributed by atoms with van der Waals surface area (Å²) in [6.07, 6.45) is 4.17. The average Bonchev–Trinajstić information content (AvgIpc) is 2.32. The lowest BCUT2D eigenvalue weighted by atomic mass is 9.73. The number of hydrogen-bond acceptors (Lipinski definition) is 2. The fourth-order valence-corrected chi connectivity index (χ4v) is 2.63. The minimum Gasteiger partial charge on any atom is -0.393 e. The molecule has 0 bridgehead atoms. The van der Waals surface area contributed by atoms with Crippen molar-refractivity contribution in [2.45, 2.75) is 46.1 Å². The van der Waals surface area contributed by atoms with Crippen LogP contribution in [0.25, 0.3) is 0 Å². The lowest BCUT2D eigenvalue weighted by Gasteiger charge is -2.41. The molecule has 0 spiro atoms. The highest BCUT2D eigenvalue weighted by molar-refractivity contribution is 6.16. The molecule has 0 aromatic carbocycles. The van der Waals surface area contributed by atoms with Crippen LogP contribution in [0.4, 0.5) is 0 Å². The van der Waals surface area contributed by atoms with Crippen LogP contribution in [-0.2, 0) is 4.74 Å². The van der Waals surface area contributed by atoms with Crippen molar-refractivity contribution in [2.75, 3.05) is 13.7 Å². The SMILES string of the molecule is B/C=C/C(C(C)CC)C(CO)(CC(C)C)OC. The van der Waals surface area contributed by atoms with Gasteiger partial charge in [0.15, 0.2) is 0 Å². The molecule has 100 valence electrons. The first-order valence-electron chi connectivity index (χ1n) is 6.76. The van der Waals surface area contributed by atoms with Gasteiger partial charge in [0.05, 0.1) is 12.2 Å². The predicted octanol–water partition coefficient (Wildman–Crippen LogP) is 2.22. The molecule has 0 radical (unpaired) electrons. The number of ether oxygens (including phenoxy) is 1. The molecule has 0 aliphatic carbocycles. The van der Waals surface area contributed by atoms with Gasteiger partial charge in [-0.2, -0.15) is 0 Å². The normalized spacial score (nSPS) is 19.5. The van der Waals surface area contributed by atoms with E-state index in [0.717, 1.165) is 12.8 Å². The summed E-state index contributed by atoms with van der Waals surface area (Å²) >= 11 is 0. The minimum absolute atomic E-state index is 0.0844. The first-order valence-corrected chi connectivity index (χ1v) is 6.76. The van der Waals surface area contributed by atoms with Crippen molar-refractivity contribution in [2.24, 2.45) is 17.8 Å². The van der Waals surface area contributed by atoms with Gasteiger partial charge in [-0.1, -0.05) is 40.2 Å². The highest BCUT2D eigenvalue weighted by atomic mass is 16.5. The standard InChI is InChI=1S/C14H29BO2/c1-6-12(4)13(7-8-15)14(10-16,17-5)9-11(2)3/h7-8,11-13,16H,6,9-10,15H2,1-5H3/b8-7+. The number of hydrogen-bond donors (Lipinski definition) is 1. The summed E-state index contributed by atoms with van der Waals surface area (Å²) in [5.41, 5.74) is -0.434. The molecule has 0 fully saturated rings. The maximum atomic E-state index is 9.81. The van der Waals surface area contributed by atoms with Crippen molar-refractivity contribution >= 4 is 7.85 Å². The van der Waals surface area contributed by atoms with Crippen LogP contribution >= 0.6 is 0 Å². The topological polar surface area (TPSA) is 29.5 Å². The van der Waals surface area contributed by atoms with Crippen molar-refractivity contribution in [3.8, 4) is 0 Å². The lowest BCUT2D eigenvalue weighted by molar-refractivity contribution is -0.105. The van der Waals surface area contributed by atoms with E-state index in [1.165, 1.54) is 0 Å². The van der Waals surface area contributed by atoms with Gasteiger partial charge in [-0.3, -0.25) is 0 Å². The molecular weight excluding hydrogens is 211 g/mol. The van der Waals surface area contributed by atoms with E-state index in [1.54, 1.807) is 7.11 Å². The molecular formula is C14H29BO2. The molecule has 0 aromatic rings. The Morgan fingerprint density at radius 1 is 1.35 bits per heavy atom. The Bertz CT molecular complexity index is 222. The van der Waals surface area contributed by atoms with Gasteiger partial charge >= 0.3 is 0 Å². The van der Waals surface area contributed by atoms with Crippen LogP contribution in [0.2, 0.25) is 0 Å². The van der Waals surface area contributed by atoms with Gasteiger partial charge in [0.25, 0.3) is 0 Å². The molecule has 0 heterocycles. The van der Waals surface area contributed by atoms with Crippen LogP contribution < -0.4 is 0 Å². The number of methoxy groups -OCH3 is 1. The molecule has 0 aliphatic rings. The fraction of sp³-hybridized carbons (Fsp3) is 0.857. The summed E-state index contributed by atoms with van der Waals surface area (Å²) in [7, 11) is 3.75. The van der Waals surface area contributed by atoms with Gasteiger partial charge in [0.1, 0.15) is 7.85 Å². The molecule has 0 aromatic heterocycles. The Morgan fingerprint density at radius 2 is 1.94 bits per heavy atom. The second-order valence-electron chi connectivity index (χ2n) is 5.46. The molecule has 0 saturated carbocycles. The average molecular weight is 240 g/mol. The third-order valence-electron chi connectivity index (χ3n) is 3.69. The van der Waals surface area contributed by atoms with E-state index in [0.29, 0.717) is 11.8 Å². The first-order chi connectivity index (χ1) is 7.97. The molecule has 3 heteroatoms. The van der Waals surface area contributed by atoms with Crippen molar-refractivity contribution < 1.29 is 9.84 Å². The molecule has 0 aliphatic heterocycles. The number of aliphatic hydroxyl groups is 1. The van der Waals surface area contributed by atoms with Crippen LogP contribution in [0.5, 0.6) is 0 Å². The largest absolute Gasteiger partial charge is 0.393 e. The van der Waals surface area contributed by atoms with Crippen molar-refractivity contribution in [1.82, 2.24) is 0 Å². The Labute approximate surface area is 108 Å². The molecule has 3 atom stereocenters. The highest BCUT2D eigenvalue weighted by Gasteiger charge is 2.39. The molecule has 0 amide bonds. The van der Waals surface area contributed by atoms with E-state index in [9.17, 15) is 5.11 Å². The zero-order valence-electron chi connectivity index (χ0n) is 12.4.